The van der Waals surface area contributed by atoms with Gasteiger partial charge in [0.25, 0.3) is 6.43 Å². The van der Waals surface area contributed by atoms with E-state index in [0.717, 1.165) is 18.1 Å². The summed E-state index contributed by atoms with van der Waals surface area (Å²) in [5, 5.41) is 0. The third-order valence-corrected chi connectivity index (χ3v) is 4.50. The van der Waals surface area contributed by atoms with Crippen LogP contribution in [0, 0.1) is 11.2 Å². The fourth-order valence-corrected chi connectivity index (χ4v) is 3.50. The van der Waals surface area contributed by atoms with Gasteiger partial charge in [-0.3, -0.25) is 4.90 Å². The van der Waals surface area contributed by atoms with Gasteiger partial charge in [-0.1, -0.05) is 13.8 Å². The van der Waals surface area contributed by atoms with E-state index >= 15 is 0 Å². The Morgan fingerprint density at radius 2 is 2.00 bits per heavy atom. The van der Waals surface area contributed by atoms with Crippen LogP contribution in [0.5, 0.6) is 0 Å². The van der Waals surface area contributed by atoms with Crippen LogP contribution in [-0.2, 0) is 4.74 Å². The van der Waals surface area contributed by atoms with E-state index < -0.39 is 13.0 Å². The Morgan fingerprint density at radius 1 is 1.28 bits per heavy atom. The Balaban J connectivity index is 1.75. The molecule has 4 nitrogen and oxygen atoms in total. The third kappa shape index (κ3) is 3.88. The van der Waals surface area contributed by atoms with E-state index in [-0.39, 0.29) is 23.9 Å². The predicted octanol–water partition coefficient (Wildman–Crippen LogP) is 3.68. The minimum Gasteiger partial charge on any atom is -0.374 e. The Morgan fingerprint density at radius 3 is 2.64 bits per heavy atom. The Hall–Kier alpha value is -1.86. The van der Waals surface area contributed by atoms with Crippen molar-refractivity contribution in [2.45, 2.75) is 26.3 Å². The van der Waals surface area contributed by atoms with E-state index in [1.54, 1.807) is 18.3 Å². The lowest BCUT2D eigenvalue weighted by molar-refractivity contribution is -0.0773. The molecule has 136 valence electrons. The highest BCUT2D eigenvalue weighted by Crippen LogP contribution is 2.47. The second kappa shape index (κ2) is 7.17. The second-order valence-corrected chi connectivity index (χ2v) is 6.96. The summed E-state index contributed by atoms with van der Waals surface area (Å²) in [6.07, 6.45) is 1.13. The summed E-state index contributed by atoms with van der Waals surface area (Å²) in [5.74, 6) is 0.573. The molecule has 0 bridgehead atoms. The van der Waals surface area contributed by atoms with Crippen LogP contribution in [-0.4, -0.2) is 47.2 Å². The van der Waals surface area contributed by atoms with Crippen LogP contribution in [0.3, 0.4) is 0 Å². The van der Waals surface area contributed by atoms with Gasteiger partial charge in [-0.25, -0.2) is 18.2 Å². The number of hydrogen-bond donors (Lipinski definition) is 0. The third-order valence-electron chi connectivity index (χ3n) is 4.50. The minimum absolute atomic E-state index is 0.00580. The molecule has 7 heteroatoms. The molecule has 1 saturated heterocycles. The number of benzene rings is 1. The predicted molar refractivity (Wildman–Crippen MR) is 88.4 cm³/mol. The SMILES string of the molecule is CC1(C)CN(CCOCC(F)F)C1c1nccn1-c1ccc(F)cc1. The van der Waals surface area contributed by atoms with Gasteiger partial charge in [-0.2, -0.15) is 0 Å². The van der Waals surface area contributed by atoms with Crippen molar-refractivity contribution in [1.29, 1.82) is 0 Å². The quantitative estimate of drug-likeness (QED) is 0.712. The van der Waals surface area contributed by atoms with Crippen LogP contribution < -0.4 is 0 Å². The van der Waals surface area contributed by atoms with Crippen molar-refractivity contribution >= 4 is 0 Å². The Kier molecular flexibility index (Phi) is 5.15. The lowest BCUT2D eigenvalue weighted by atomic mass is 9.74. The summed E-state index contributed by atoms with van der Waals surface area (Å²) in [7, 11) is 0. The van der Waals surface area contributed by atoms with Crippen molar-refractivity contribution in [3.63, 3.8) is 0 Å². The zero-order valence-electron chi connectivity index (χ0n) is 14.3. The first-order valence-corrected chi connectivity index (χ1v) is 8.27. The van der Waals surface area contributed by atoms with Crippen molar-refractivity contribution in [3.8, 4) is 5.69 Å². The second-order valence-electron chi connectivity index (χ2n) is 6.96. The Bertz CT molecular complexity index is 700. The maximum absolute atomic E-state index is 13.2. The smallest absolute Gasteiger partial charge is 0.261 e. The topological polar surface area (TPSA) is 30.3 Å². The highest BCUT2D eigenvalue weighted by atomic mass is 19.3. The molecule has 0 amide bonds. The Labute approximate surface area is 145 Å². The van der Waals surface area contributed by atoms with Crippen molar-refractivity contribution in [2.75, 3.05) is 26.3 Å². The van der Waals surface area contributed by atoms with Crippen LogP contribution in [0.1, 0.15) is 25.7 Å². The molecule has 0 saturated carbocycles. The van der Waals surface area contributed by atoms with Gasteiger partial charge in [0.2, 0.25) is 0 Å². The summed E-state index contributed by atoms with van der Waals surface area (Å²) in [5.41, 5.74) is 0.844. The highest BCUT2D eigenvalue weighted by molar-refractivity contribution is 5.34. The van der Waals surface area contributed by atoms with Crippen LogP contribution in [0.4, 0.5) is 13.2 Å². The largest absolute Gasteiger partial charge is 0.374 e. The average molecular weight is 353 g/mol. The van der Waals surface area contributed by atoms with Gasteiger partial charge >= 0.3 is 0 Å². The molecule has 25 heavy (non-hydrogen) atoms. The molecule has 0 aliphatic carbocycles. The van der Waals surface area contributed by atoms with Crippen molar-refractivity contribution in [3.05, 3.63) is 48.3 Å². The first kappa shape index (κ1) is 17.9. The van der Waals surface area contributed by atoms with Gasteiger partial charge < -0.3 is 9.30 Å². The monoisotopic (exact) mass is 353 g/mol. The van der Waals surface area contributed by atoms with E-state index in [1.807, 2.05) is 10.8 Å². The van der Waals surface area contributed by atoms with Gasteiger partial charge in [0.15, 0.2) is 0 Å². The number of ether oxygens (including phenoxy) is 1. The number of nitrogens with zero attached hydrogens (tertiary/aromatic N) is 3. The summed E-state index contributed by atoms with van der Waals surface area (Å²) < 4.78 is 44.5. The van der Waals surface area contributed by atoms with Crippen molar-refractivity contribution < 1.29 is 17.9 Å². The fourth-order valence-electron chi connectivity index (χ4n) is 3.50. The molecule has 2 aromatic rings. The van der Waals surface area contributed by atoms with Crippen LogP contribution in [0.25, 0.3) is 5.69 Å². The number of halogens is 3. The molecule has 1 aliphatic heterocycles. The first-order chi connectivity index (χ1) is 11.9. The van der Waals surface area contributed by atoms with Crippen LogP contribution >= 0.6 is 0 Å². The zero-order valence-corrected chi connectivity index (χ0v) is 14.3. The van der Waals surface area contributed by atoms with Gasteiger partial charge in [-0.15, -0.1) is 0 Å². The molecular formula is C18H22F3N3O. The van der Waals surface area contributed by atoms with E-state index in [1.165, 1.54) is 12.1 Å². The number of rotatable bonds is 7. The molecule has 0 spiro atoms. The standard InChI is InChI=1S/C18H22F3N3O/c1-18(2)12-23(9-10-25-11-15(20)21)16(18)17-22-7-8-24(17)14-5-3-13(19)4-6-14/h3-8,15-16H,9-12H2,1-2H3. The summed E-state index contributed by atoms with van der Waals surface area (Å²) in [6.45, 7) is 5.43. The molecule has 1 aliphatic rings. The lowest BCUT2D eigenvalue weighted by Crippen LogP contribution is -2.57. The van der Waals surface area contributed by atoms with E-state index in [9.17, 15) is 13.2 Å². The first-order valence-electron chi connectivity index (χ1n) is 8.27. The molecule has 1 unspecified atom stereocenters. The molecule has 0 radical (unpaired) electrons. The lowest BCUT2D eigenvalue weighted by Gasteiger charge is -2.53. The number of alkyl halides is 2. The van der Waals surface area contributed by atoms with Crippen LogP contribution in [0.15, 0.2) is 36.7 Å². The molecule has 1 aromatic carbocycles. The number of aromatic nitrogens is 2. The zero-order chi connectivity index (χ0) is 18.0. The number of likely N-dealkylation sites (tertiary alicyclic amines) is 1. The fraction of sp³-hybridized carbons (Fsp3) is 0.500. The van der Waals surface area contributed by atoms with Gasteiger partial charge in [-0.05, 0) is 24.3 Å². The molecule has 1 aromatic heterocycles. The number of hydrogen-bond acceptors (Lipinski definition) is 3. The molecule has 0 N–H and O–H groups in total. The van der Waals surface area contributed by atoms with Crippen molar-refractivity contribution in [2.24, 2.45) is 5.41 Å². The number of imidazole rings is 1. The van der Waals surface area contributed by atoms with E-state index in [2.05, 4.69) is 23.7 Å². The summed E-state index contributed by atoms with van der Waals surface area (Å²) in [4.78, 5) is 6.68. The molecule has 3 rings (SSSR count). The molecule has 1 fully saturated rings. The van der Waals surface area contributed by atoms with Gasteiger partial charge in [0, 0.05) is 36.6 Å². The molecule has 2 heterocycles. The maximum Gasteiger partial charge on any atom is 0.261 e. The van der Waals surface area contributed by atoms with E-state index in [4.69, 9.17) is 4.74 Å². The average Bonchev–Trinajstić information content (AvgIpc) is 2.99. The maximum atomic E-state index is 13.2. The van der Waals surface area contributed by atoms with Crippen molar-refractivity contribution in [1.82, 2.24) is 14.5 Å². The summed E-state index contributed by atoms with van der Waals surface area (Å²) in [6, 6.07) is 6.30. The van der Waals surface area contributed by atoms with Gasteiger partial charge in [0.05, 0.1) is 12.6 Å². The van der Waals surface area contributed by atoms with E-state index in [0.29, 0.717) is 6.54 Å². The normalized spacial score (nSPS) is 20.0. The molecular weight excluding hydrogens is 331 g/mol. The van der Waals surface area contributed by atoms with Crippen LogP contribution in [0.2, 0.25) is 0 Å². The van der Waals surface area contributed by atoms with Gasteiger partial charge in [0.1, 0.15) is 18.2 Å². The molecule has 1 atom stereocenters. The minimum atomic E-state index is -2.44. The summed E-state index contributed by atoms with van der Waals surface area (Å²) >= 11 is 0. The highest BCUT2D eigenvalue weighted by Gasteiger charge is 2.48.